The van der Waals surface area contributed by atoms with Crippen molar-refractivity contribution >= 4 is 5.97 Å². The number of hydrogen-bond acceptors (Lipinski definition) is 11. The molecular weight excluding hydrogens is 444 g/mol. The Bertz CT molecular complexity index is 707. The monoisotopic (exact) mass is 478 g/mol. The number of carbonyl (C=O) groups is 1. The predicted molar refractivity (Wildman–Crippen MR) is 107 cm³/mol. The van der Waals surface area contributed by atoms with Crippen LogP contribution in [0.1, 0.15) is 32.1 Å². The molecule has 0 aromatic rings. The standard InChI is InChI=1S/C21H34O12/c22-6-16-18(26)13(24)4-17(32-16)30-7-11-8-31-21(5-14(11)25)20(29,9-23)12-2-1-10(19(27)28)3-15(12)33-21/h10-18,22-26,29H,1-9H2,(H,27,28). The van der Waals surface area contributed by atoms with Gasteiger partial charge in [0, 0.05) is 24.7 Å². The van der Waals surface area contributed by atoms with Crippen LogP contribution in [-0.2, 0) is 23.7 Å². The highest BCUT2D eigenvalue weighted by Gasteiger charge is 2.68. The molecule has 0 aromatic carbocycles. The zero-order valence-corrected chi connectivity index (χ0v) is 18.2. The molecule has 0 radical (unpaired) electrons. The van der Waals surface area contributed by atoms with Crippen molar-refractivity contribution in [1.82, 2.24) is 0 Å². The second kappa shape index (κ2) is 9.61. The van der Waals surface area contributed by atoms with Crippen LogP contribution in [0.3, 0.4) is 0 Å². The number of fused-ring (bicyclic) bond motifs is 1. The first-order valence-electron chi connectivity index (χ1n) is 11.4. The number of carboxylic acids is 1. The van der Waals surface area contributed by atoms with E-state index in [9.17, 15) is 40.5 Å². The van der Waals surface area contributed by atoms with E-state index in [1.807, 2.05) is 0 Å². The van der Waals surface area contributed by atoms with Crippen LogP contribution in [0.15, 0.2) is 0 Å². The Morgan fingerprint density at radius 1 is 1.09 bits per heavy atom. The molecule has 11 atom stereocenters. The first-order chi connectivity index (χ1) is 15.6. The lowest BCUT2D eigenvalue weighted by atomic mass is 9.70. The Balaban J connectivity index is 1.38. The Hall–Kier alpha value is -0.930. The van der Waals surface area contributed by atoms with E-state index in [1.54, 1.807) is 0 Å². The fourth-order valence-corrected chi connectivity index (χ4v) is 5.70. The summed E-state index contributed by atoms with van der Waals surface area (Å²) in [6.07, 6.45) is -5.12. The molecule has 3 heterocycles. The van der Waals surface area contributed by atoms with Crippen LogP contribution >= 0.6 is 0 Å². The maximum atomic E-state index is 11.4. The molecule has 1 spiro atoms. The average Bonchev–Trinajstić information content (AvgIpc) is 3.02. The summed E-state index contributed by atoms with van der Waals surface area (Å²) in [6.45, 7) is -1.22. The average molecular weight is 478 g/mol. The molecule has 33 heavy (non-hydrogen) atoms. The number of ether oxygens (including phenoxy) is 4. The minimum atomic E-state index is -1.78. The van der Waals surface area contributed by atoms with E-state index in [4.69, 9.17) is 18.9 Å². The highest BCUT2D eigenvalue weighted by Crippen LogP contribution is 2.54. The van der Waals surface area contributed by atoms with Gasteiger partial charge in [0.25, 0.3) is 0 Å². The van der Waals surface area contributed by atoms with Gasteiger partial charge < -0.3 is 54.7 Å². The molecule has 1 aliphatic carbocycles. The lowest BCUT2D eigenvalue weighted by molar-refractivity contribution is -0.338. The third kappa shape index (κ3) is 4.42. The minimum absolute atomic E-state index is 0.00719. The highest BCUT2D eigenvalue weighted by molar-refractivity contribution is 5.70. The van der Waals surface area contributed by atoms with Crippen molar-refractivity contribution in [3.63, 3.8) is 0 Å². The minimum Gasteiger partial charge on any atom is -0.481 e. The zero-order valence-electron chi connectivity index (χ0n) is 18.2. The number of carboxylic acid groups (broad SMARTS) is 1. The summed E-state index contributed by atoms with van der Waals surface area (Å²) >= 11 is 0. The van der Waals surface area contributed by atoms with Crippen LogP contribution in [0, 0.1) is 17.8 Å². The Labute approximate surface area is 190 Å². The van der Waals surface area contributed by atoms with Crippen molar-refractivity contribution in [2.45, 2.75) is 80.3 Å². The van der Waals surface area contributed by atoms with Gasteiger partial charge in [-0.3, -0.25) is 4.79 Å². The smallest absolute Gasteiger partial charge is 0.306 e. The summed E-state index contributed by atoms with van der Waals surface area (Å²) < 4.78 is 23.1. The van der Waals surface area contributed by atoms with E-state index in [2.05, 4.69) is 0 Å². The van der Waals surface area contributed by atoms with Crippen LogP contribution in [-0.4, -0.2) is 116 Å². The Kier molecular flexibility index (Phi) is 7.33. The predicted octanol–water partition coefficient (Wildman–Crippen LogP) is -2.45. The van der Waals surface area contributed by atoms with Crippen molar-refractivity contribution in [3.8, 4) is 0 Å². The van der Waals surface area contributed by atoms with Gasteiger partial charge in [-0.2, -0.15) is 0 Å². The fraction of sp³-hybridized carbons (Fsp3) is 0.952. The van der Waals surface area contributed by atoms with Crippen LogP contribution in [0.25, 0.3) is 0 Å². The largest absolute Gasteiger partial charge is 0.481 e. The van der Waals surface area contributed by atoms with Crippen LogP contribution in [0.5, 0.6) is 0 Å². The van der Waals surface area contributed by atoms with Gasteiger partial charge in [0.15, 0.2) is 6.29 Å². The van der Waals surface area contributed by atoms with Gasteiger partial charge in [-0.25, -0.2) is 0 Å². The molecule has 4 rings (SSSR count). The van der Waals surface area contributed by atoms with Gasteiger partial charge in [0.2, 0.25) is 5.79 Å². The summed E-state index contributed by atoms with van der Waals surface area (Å²) in [6, 6.07) is 0. The molecule has 190 valence electrons. The first-order valence-corrected chi connectivity index (χ1v) is 11.4. The summed E-state index contributed by atoms with van der Waals surface area (Å²) in [5.41, 5.74) is -1.78. The topological polar surface area (TPSA) is 196 Å². The zero-order chi connectivity index (χ0) is 24.0. The quantitative estimate of drug-likeness (QED) is 0.213. The van der Waals surface area contributed by atoms with Crippen molar-refractivity contribution in [2.24, 2.45) is 17.8 Å². The summed E-state index contributed by atoms with van der Waals surface area (Å²) in [5, 5.41) is 70.6. The molecule has 11 unspecified atom stereocenters. The Morgan fingerprint density at radius 2 is 1.85 bits per heavy atom. The highest BCUT2D eigenvalue weighted by atomic mass is 16.7. The first kappa shape index (κ1) is 25.2. The van der Waals surface area contributed by atoms with Gasteiger partial charge in [0.05, 0.1) is 50.7 Å². The molecular formula is C21H34O12. The molecule has 0 aromatic heterocycles. The second-order valence-corrected chi connectivity index (χ2v) is 9.70. The summed E-state index contributed by atoms with van der Waals surface area (Å²) in [5.74, 6) is -4.25. The van der Waals surface area contributed by atoms with Crippen molar-refractivity contribution < 1.29 is 59.5 Å². The lowest BCUT2D eigenvalue weighted by Crippen LogP contribution is -2.63. The van der Waals surface area contributed by atoms with E-state index in [0.29, 0.717) is 12.8 Å². The number of aliphatic hydroxyl groups excluding tert-OH is 5. The van der Waals surface area contributed by atoms with E-state index in [1.165, 1.54) is 0 Å². The summed E-state index contributed by atoms with van der Waals surface area (Å²) in [7, 11) is 0. The van der Waals surface area contributed by atoms with E-state index in [-0.39, 0.29) is 32.5 Å². The molecule has 12 nitrogen and oxygen atoms in total. The van der Waals surface area contributed by atoms with Crippen LogP contribution < -0.4 is 0 Å². The molecule has 3 saturated heterocycles. The molecule has 4 fully saturated rings. The van der Waals surface area contributed by atoms with Crippen LogP contribution in [0.4, 0.5) is 0 Å². The molecule has 3 aliphatic heterocycles. The molecule has 7 N–H and O–H groups in total. The number of aliphatic hydroxyl groups is 6. The van der Waals surface area contributed by atoms with Crippen molar-refractivity contribution in [1.29, 1.82) is 0 Å². The molecule has 12 heteroatoms. The fourth-order valence-electron chi connectivity index (χ4n) is 5.70. The molecule has 1 saturated carbocycles. The van der Waals surface area contributed by atoms with Crippen LogP contribution in [0.2, 0.25) is 0 Å². The summed E-state index contributed by atoms with van der Waals surface area (Å²) in [4.78, 5) is 11.4. The lowest BCUT2D eigenvalue weighted by Gasteiger charge is -2.47. The number of rotatable bonds is 6. The number of aliphatic carboxylic acids is 1. The maximum Gasteiger partial charge on any atom is 0.306 e. The second-order valence-electron chi connectivity index (χ2n) is 9.70. The third-order valence-electron chi connectivity index (χ3n) is 7.76. The van der Waals surface area contributed by atoms with E-state index >= 15 is 0 Å². The molecule has 0 bridgehead atoms. The van der Waals surface area contributed by atoms with Crippen molar-refractivity contribution in [2.75, 3.05) is 26.4 Å². The van der Waals surface area contributed by atoms with Gasteiger partial charge in [-0.1, -0.05) is 0 Å². The van der Waals surface area contributed by atoms with Gasteiger partial charge >= 0.3 is 5.97 Å². The van der Waals surface area contributed by atoms with E-state index < -0.39 is 85.1 Å². The maximum absolute atomic E-state index is 11.4. The normalized spacial score (nSPS) is 50.3. The van der Waals surface area contributed by atoms with Gasteiger partial charge in [0.1, 0.15) is 17.8 Å². The third-order valence-corrected chi connectivity index (χ3v) is 7.76. The number of hydrogen-bond donors (Lipinski definition) is 7. The van der Waals surface area contributed by atoms with Gasteiger partial charge in [-0.05, 0) is 19.3 Å². The van der Waals surface area contributed by atoms with Crippen molar-refractivity contribution in [3.05, 3.63) is 0 Å². The molecule has 4 aliphatic rings. The SMILES string of the molecule is O=C(O)C1CCC2C(C1)OC1(CC(O)C(COC3CC(O)C(O)C(CO)O3)CO1)C2(O)CO. The Morgan fingerprint density at radius 3 is 2.48 bits per heavy atom. The molecule has 0 amide bonds. The van der Waals surface area contributed by atoms with Gasteiger partial charge in [-0.15, -0.1) is 0 Å². The van der Waals surface area contributed by atoms with E-state index in [0.717, 1.165) is 0 Å².